The zero-order valence-electron chi connectivity index (χ0n) is 15.3. The fourth-order valence-electron chi connectivity index (χ4n) is 4.23. The molecule has 0 aliphatic carbocycles. The number of halogens is 3. The van der Waals surface area contributed by atoms with E-state index >= 15 is 0 Å². The molecule has 28 heavy (non-hydrogen) atoms. The number of para-hydroxylation sites is 1. The van der Waals surface area contributed by atoms with E-state index in [9.17, 15) is 18.0 Å². The molecule has 0 bridgehead atoms. The van der Waals surface area contributed by atoms with Gasteiger partial charge in [-0.15, -0.1) is 13.2 Å². The molecule has 1 spiro atoms. The van der Waals surface area contributed by atoms with Gasteiger partial charge in [-0.25, -0.2) is 0 Å². The molecule has 4 rings (SSSR count). The van der Waals surface area contributed by atoms with Gasteiger partial charge in [0.2, 0.25) is 5.91 Å². The Kier molecular flexibility index (Phi) is 4.79. The summed E-state index contributed by atoms with van der Waals surface area (Å²) in [6, 6.07) is 13.7. The van der Waals surface area contributed by atoms with E-state index in [0.717, 1.165) is 42.6 Å². The SMILES string of the molecule is O=C1Nc2ccccc2CC12CCCCN2Cc1ccc(OC(F)(F)F)cc1. The second-order valence-electron chi connectivity index (χ2n) is 7.39. The molecule has 2 aromatic rings. The lowest BCUT2D eigenvalue weighted by atomic mass is 9.77. The molecule has 0 radical (unpaired) electrons. The third kappa shape index (κ3) is 3.71. The average molecular weight is 390 g/mol. The number of rotatable bonds is 3. The van der Waals surface area contributed by atoms with E-state index in [1.54, 1.807) is 12.1 Å². The van der Waals surface area contributed by atoms with Crippen LogP contribution in [-0.4, -0.2) is 29.3 Å². The molecule has 2 aliphatic heterocycles. The first-order valence-electron chi connectivity index (χ1n) is 9.35. The van der Waals surface area contributed by atoms with Crippen LogP contribution in [0.4, 0.5) is 18.9 Å². The molecular weight excluding hydrogens is 369 g/mol. The maximum Gasteiger partial charge on any atom is 0.573 e. The quantitative estimate of drug-likeness (QED) is 0.839. The van der Waals surface area contributed by atoms with Crippen molar-refractivity contribution in [2.24, 2.45) is 0 Å². The van der Waals surface area contributed by atoms with Crippen molar-refractivity contribution < 1.29 is 22.7 Å². The summed E-state index contributed by atoms with van der Waals surface area (Å²) >= 11 is 0. The molecule has 1 unspecified atom stereocenters. The number of nitrogens with one attached hydrogen (secondary N) is 1. The van der Waals surface area contributed by atoms with E-state index in [2.05, 4.69) is 15.0 Å². The van der Waals surface area contributed by atoms with Gasteiger partial charge in [0.15, 0.2) is 0 Å². The Hall–Kier alpha value is -2.54. The van der Waals surface area contributed by atoms with Gasteiger partial charge in [-0.2, -0.15) is 0 Å². The molecule has 2 aliphatic rings. The van der Waals surface area contributed by atoms with Crippen molar-refractivity contribution in [1.29, 1.82) is 0 Å². The van der Waals surface area contributed by atoms with Gasteiger partial charge in [-0.05, 0) is 55.1 Å². The highest BCUT2D eigenvalue weighted by Crippen LogP contribution is 2.39. The Morgan fingerprint density at radius 1 is 1.07 bits per heavy atom. The summed E-state index contributed by atoms with van der Waals surface area (Å²) in [6.07, 6.45) is -1.32. The van der Waals surface area contributed by atoms with Crippen molar-refractivity contribution in [3.63, 3.8) is 0 Å². The zero-order valence-corrected chi connectivity index (χ0v) is 15.3. The number of hydrogen-bond acceptors (Lipinski definition) is 3. The number of carbonyl (C=O) groups is 1. The zero-order chi connectivity index (χ0) is 19.8. The fourth-order valence-corrected chi connectivity index (χ4v) is 4.23. The minimum Gasteiger partial charge on any atom is -0.406 e. The normalized spacial score (nSPS) is 22.6. The topological polar surface area (TPSA) is 41.6 Å². The first-order valence-corrected chi connectivity index (χ1v) is 9.35. The predicted molar refractivity (Wildman–Crippen MR) is 98.9 cm³/mol. The molecule has 1 atom stereocenters. The van der Waals surface area contributed by atoms with Gasteiger partial charge >= 0.3 is 6.36 Å². The summed E-state index contributed by atoms with van der Waals surface area (Å²) in [6.45, 7) is 1.28. The predicted octanol–water partition coefficient (Wildman–Crippen LogP) is 4.50. The van der Waals surface area contributed by atoms with E-state index in [1.807, 2.05) is 24.3 Å². The number of alkyl halides is 3. The average Bonchev–Trinajstić information content (AvgIpc) is 2.65. The highest BCUT2D eigenvalue weighted by atomic mass is 19.4. The van der Waals surface area contributed by atoms with Gasteiger partial charge in [0.25, 0.3) is 0 Å². The van der Waals surface area contributed by atoms with Crippen molar-refractivity contribution in [3.8, 4) is 5.75 Å². The van der Waals surface area contributed by atoms with Crippen LogP contribution in [0.25, 0.3) is 0 Å². The molecule has 0 aromatic heterocycles. The maximum absolute atomic E-state index is 13.0. The first-order chi connectivity index (χ1) is 13.4. The third-order valence-electron chi connectivity index (χ3n) is 5.58. The number of hydrogen-bond donors (Lipinski definition) is 1. The highest BCUT2D eigenvalue weighted by Gasteiger charge is 2.48. The molecule has 0 saturated carbocycles. The number of anilines is 1. The molecule has 1 saturated heterocycles. The number of piperidine rings is 1. The van der Waals surface area contributed by atoms with Gasteiger partial charge in [0.1, 0.15) is 11.3 Å². The summed E-state index contributed by atoms with van der Waals surface area (Å²) in [7, 11) is 0. The van der Waals surface area contributed by atoms with E-state index < -0.39 is 11.9 Å². The molecule has 2 aromatic carbocycles. The Morgan fingerprint density at radius 2 is 1.82 bits per heavy atom. The van der Waals surface area contributed by atoms with E-state index in [4.69, 9.17) is 0 Å². The molecule has 7 heteroatoms. The number of amides is 1. The summed E-state index contributed by atoms with van der Waals surface area (Å²) < 4.78 is 41.0. The van der Waals surface area contributed by atoms with Crippen LogP contribution in [0, 0.1) is 0 Å². The van der Waals surface area contributed by atoms with Gasteiger partial charge in [0.05, 0.1) is 0 Å². The van der Waals surface area contributed by atoms with E-state index in [1.165, 1.54) is 12.1 Å². The Morgan fingerprint density at radius 3 is 2.57 bits per heavy atom. The van der Waals surface area contributed by atoms with Crippen molar-refractivity contribution in [2.75, 3.05) is 11.9 Å². The number of fused-ring (bicyclic) bond motifs is 1. The van der Waals surface area contributed by atoms with Gasteiger partial charge in [-0.1, -0.05) is 30.3 Å². The lowest BCUT2D eigenvalue weighted by Crippen LogP contribution is -2.61. The van der Waals surface area contributed by atoms with Gasteiger partial charge in [-0.3, -0.25) is 9.69 Å². The van der Waals surface area contributed by atoms with Crippen molar-refractivity contribution in [1.82, 2.24) is 4.90 Å². The van der Waals surface area contributed by atoms with Crippen LogP contribution in [0.2, 0.25) is 0 Å². The number of benzene rings is 2. The lowest BCUT2D eigenvalue weighted by molar-refractivity contribution is -0.274. The van der Waals surface area contributed by atoms with Crippen LogP contribution >= 0.6 is 0 Å². The van der Waals surface area contributed by atoms with Gasteiger partial charge < -0.3 is 10.1 Å². The minimum absolute atomic E-state index is 0.00271. The fraction of sp³-hybridized carbons (Fsp3) is 0.381. The molecule has 1 amide bonds. The highest BCUT2D eigenvalue weighted by molar-refractivity contribution is 6.01. The second-order valence-corrected chi connectivity index (χ2v) is 7.39. The van der Waals surface area contributed by atoms with Crippen molar-refractivity contribution >= 4 is 11.6 Å². The molecule has 1 fully saturated rings. The smallest absolute Gasteiger partial charge is 0.406 e. The minimum atomic E-state index is -4.70. The Bertz CT molecular complexity index is 867. The standard InChI is InChI=1S/C21H21F3N2O2/c22-21(23,24)28-17-9-7-15(8-10-17)14-26-12-4-3-11-20(26)13-16-5-1-2-6-18(16)25-19(20)27/h1-2,5-10H,3-4,11-14H2,(H,25,27). The van der Waals surface area contributed by atoms with Crippen LogP contribution in [0.15, 0.2) is 48.5 Å². The van der Waals surface area contributed by atoms with Gasteiger partial charge in [0, 0.05) is 18.7 Å². The van der Waals surface area contributed by atoms with Crippen LogP contribution in [0.5, 0.6) is 5.75 Å². The largest absolute Gasteiger partial charge is 0.573 e. The second kappa shape index (κ2) is 7.13. The van der Waals surface area contributed by atoms with Crippen molar-refractivity contribution in [3.05, 3.63) is 59.7 Å². The van der Waals surface area contributed by atoms with Crippen LogP contribution in [0.3, 0.4) is 0 Å². The maximum atomic E-state index is 13.0. The van der Waals surface area contributed by atoms with E-state index in [0.29, 0.717) is 13.0 Å². The number of nitrogens with zero attached hydrogens (tertiary/aromatic N) is 1. The molecule has 2 heterocycles. The summed E-state index contributed by atoms with van der Waals surface area (Å²) in [4.78, 5) is 15.2. The van der Waals surface area contributed by atoms with Crippen molar-refractivity contribution in [2.45, 2.75) is 44.1 Å². The monoisotopic (exact) mass is 390 g/mol. The Labute approximate surface area is 161 Å². The molecule has 4 nitrogen and oxygen atoms in total. The molecule has 148 valence electrons. The summed E-state index contributed by atoms with van der Waals surface area (Å²) in [5, 5.41) is 3.05. The summed E-state index contributed by atoms with van der Waals surface area (Å²) in [5.74, 6) is -0.239. The molecular formula is C21H21F3N2O2. The lowest BCUT2D eigenvalue weighted by Gasteiger charge is -2.48. The summed E-state index contributed by atoms with van der Waals surface area (Å²) in [5.41, 5.74) is 2.20. The number of likely N-dealkylation sites (tertiary alicyclic amines) is 1. The first kappa shape index (κ1) is 18.8. The van der Waals surface area contributed by atoms with Crippen LogP contribution in [-0.2, 0) is 17.8 Å². The van der Waals surface area contributed by atoms with Crippen LogP contribution in [0.1, 0.15) is 30.4 Å². The van der Waals surface area contributed by atoms with Crippen LogP contribution < -0.4 is 10.1 Å². The van der Waals surface area contributed by atoms with E-state index in [-0.39, 0.29) is 11.7 Å². The molecule has 1 N–H and O–H groups in total. The third-order valence-corrected chi connectivity index (χ3v) is 5.58. The number of ether oxygens (including phenoxy) is 1. The Balaban J connectivity index is 1.56. The number of carbonyl (C=O) groups excluding carboxylic acids is 1.